The van der Waals surface area contributed by atoms with Crippen molar-refractivity contribution in [2.75, 3.05) is 13.7 Å². The second kappa shape index (κ2) is 5.59. The van der Waals surface area contributed by atoms with Crippen molar-refractivity contribution in [3.63, 3.8) is 0 Å². The van der Waals surface area contributed by atoms with Gasteiger partial charge < -0.3 is 10.1 Å². The van der Waals surface area contributed by atoms with E-state index in [0.717, 1.165) is 23.7 Å². The van der Waals surface area contributed by atoms with E-state index in [0.29, 0.717) is 12.0 Å². The minimum atomic E-state index is 0.194. The summed E-state index contributed by atoms with van der Waals surface area (Å²) in [5.41, 5.74) is 1.08. The Morgan fingerprint density at radius 3 is 2.78 bits per heavy atom. The molecule has 0 spiro atoms. The molecular formula is C13H22ClN3O. The molecule has 1 aliphatic heterocycles. The maximum absolute atomic E-state index is 6.32. The molecule has 0 bridgehead atoms. The topological polar surface area (TPSA) is 39.1 Å². The number of ether oxygens (including phenoxy) is 1. The Morgan fingerprint density at radius 1 is 1.56 bits per heavy atom. The van der Waals surface area contributed by atoms with Crippen LogP contribution < -0.4 is 5.32 Å². The zero-order valence-corrected chi connectivity index (χ0v) is 12.2. The molecule has 1 saturated heterocycles. The molecule has 1 aromatic rings. The molecule has 0 amide bonds. The molecule has 1 N–H and O–H groups in total. The Kier molecular flexibility index (Phi) is 4.30. The molecule has 2 heterocycles. The third kappa shape index (κ3) is 2.42. The maximum atomic E-state index is 6.32. The summed E-state index contributed by atoms with van der Waals surface area (Å²) in [7, 11) is 1.98. The second-order valence-electron chi connectivity index (χ2n) is 5.21. The van der Waals surface area contributed by atoms with Gasteiger partial charge in [0.1, 0.15) is 0 Å². The van der Waals surface area contributed by atoms with Crippen molar-refractivity contribution >= 4 is 11.6 Å². The van der Waals surface area contributed by atoms with Gasteiger partial charge in [0.2, 0.25) is 0 Å². The lowest BCUT2D eigenvalue weighted by Gasteiger charge is -2.27. The Hall–Kier alpha value is -0.580. The van der Waals surface area contributed by atoms with Crippen LogP contribution in [0.1, 0.15) is 45.0 Å². The van der Waals surface area contributed by atoms with Crippen molar-refractivity contribution in [2.45, 2.75) is 45.4 Å². The number of nitrogens with zero attached hydrogens (tertiary/aromatic N) is 2. The summed E-state index contributed by atoms with van der Waals surface area (Å²) in [4.78, 5) is 0. The van der Waals surface area contributed by atoms with Crippen molar-refractivity contribution in [2.24, 2.45) is 5.92 Å². The van der Waals surface area contributed by atoms with Crippen molar-refractivity contribution < 1.29 is 4.74 Å². The molecule has 1 aliphatic rings. The van der Waals surface area contributed by atoms with Crippen LogP contribution in [0.5, 0.6) is 0 Å². The Labute approximate surface area is 114 Å². The quantitative estimate of drug-likeness (QED) is 0.915. The van der Waals surface area contributed by atoms with Crippen molar-refractivity contribution in [1.29, 1.82) is 0 Å². The highest BCUT2D eigenvalue weighted by Gasteiger charge is 2.35. The van der Waals surface area contributed by atoms with Gasteiger partial charge >= 0.3 is 0 Å². The largest absolute Gasteiger partial charge is 0.378 e. The molecule has 1 fully saturated rings. The molecule has 0 saturated carbocycles. The van der Waals surface area contributed by atoms with Gasteiger partial charge in [-0.05, 0) is 34.2 Å². The first-order valence-corrected chi connectivity index (χ1v) is 6.95. The van der Waals surface area contributed by atoms with Crippen molar-refractivity contribution in [3.05, 3.63) is 16.9 Å². The van der Waals surface area contributed by atoms with Gasteiger partial charge in [-0.1, -0.05) is 11.6 Å². The maximum Gasteiger partial charge on any atom is 0.0834 e. The van der Waals surface area contributed by atoms with Crippen LogP contribution in [-0.4, -0.2) is 29.5 Å². The van der Waals surface area contributed by atoms with Crippen LogP contribution in [0.15, 0.2) is 6.20 Å². The lowest BCUT2D eigenvalue weighted by molar-refractivity contribution is 0.0951. The summed E-state index contributed by atoms with van der Waals surface area (Å²) in [5.74, 6) is 0.446. The SMILES string of the molecule is CNC(c1c(Cl)cnn1C(C)C)C1CCOC1C. The number of halogens is 1. The Bertz CT molecular complexity index is 405. The van der Waals surface area contributed by atoms with Gasteiger partial charge in [-0.3, -0.25) is 4.68 Å². The molecule has 3 atom stereocenters. The van der Waals surface area contributed by atoms with Crippen LogP contribution in [-0.2, 0) is 4.74 Å². The van der Waals surface area contributed by atoms with Crippen LogP contribution in [0, 0.1) is 5.92 Å². The summed E-state index contributed by atoms with van der Waals surface area (Å²) in [5, 5.41) is 8.51. The Morgan fingerprint density at radius 2 is 2.28 bits per heavy atom. The molecule has 2 rings (SSSR count). The normalized spacial score (nSPS) is 25.9. The first-order valence-electron chi connectivity index (χ1n) is 6.58. The van der Waals surface area contributed by atoms with E-state index >= 15 is 0 Å². The van der Waals surface area contributed by atoms with E-state index in [9.17, 15) is 0 Å². The zero-order valence-electron chi connectivity index (χ0n) is 11.5. The van der Waals surface area contributed by atoms with E-state index in [1.807, 2.05) is 11.7 Å². The van der Waals surface area contributed by atoms with E-state index in [1.165, 1.54) is 0 Å². The van der Waals surface area contributed by atoms with Gasteiger partial charge in [-0.2, -0.15) is 5.10 Å². The first-order chi connectivity index (χ1) is 8.56. The molecule has 0 radical (unpaired) electrons. The lowest BCUT2D eigenvalue weighted by atomic mass is 9.91. The van der Waals surface area contributed by atoms with Gasteiger partial charge in [0.25, 0.3) is 0 Å². The summed E-state index contributed by atoms with van der Waals surface area (Å²) < 4.78 is 7.68. The molecule has 5 heteroatoms. The van der Waals surface area contributed by atoms with Gasteiger partial charge in [0, 0.05) is 18.6 Å². The lowest BCUT2D eigenvalue weighted by Crippen LogP contribution is -2.32. The Balaban J connectivity index is 2.35. The first kappa shape index (κ1) is 13.8. The molecule has 0 aromatic carbocycles. The van der Waals surface area contributed by atoms with Crippen LogP contribution in [0.3, 0.4) is 0 Å². The highest BCUT2D eigenvalue weighted by atomic mass is 35.5. The summed E-state index contributed by atoms with van der Waals surface area (Å²) in [6, 6.07) is 0.501. The molecule has 18 heavy (non-hydrogen) atoms. The predicted molar refractivity (Wildman–Crippen MR) is 72.9 cm³/mol. The fraction of sp³-hybridized carbons (Fsp3) is 0.769. The number of nitrogens with one attached hydrogen (secondary N) is 1. The molecule has 1 aromatic heterocycles. The third-order valence-electron chi connectivity index (χ3n) is 3.74. The van der Waals surface area contributed by atoms with Crippen molar-refractivity contribution in [1.82, 2.24) is 15.1 Å². The predicted octanol–water partition coefficient (Wildman–Crippen LogP) is 2.80. The van der Waals surface area contributed by atoms with Crippen LogP contribution in [0.2, 0.25) is 5.02 Å². The van der Waals surface area contributed by atoms with Crippen molar-refractivity contribution in [3.8, 4) is 0 Å². The smallest absolute Gasteiger partial charge is 0.0834 e. The fourth-order valence-electron chi connectivity index (χ4n) is 2.79. The van der Waals surface area contributed by atoms with Gasteiger partial charge in [0.05, 0.1) is 29.1 Å². The molecule has 3 unspecified atom stereocenters. The highest BCUT2D eigenvalue weighted by molar-refractivity contribution is 6.31. The van der Waals surface area contributed by atoms with Gasteiger partial charge in [0.15, 0.2) is 0 Å². The summed E-state index contributed by atoms with van der Waals surface area (Å²) in [6.07, 6.45) is 3.06. The fourth-order valence-corrected chi connectivity index (χ4v) is 3.04. The zero-order chi connectivity index (χ0) is 13.3. The van der Waals surface area contributed by atoms with E-state index < -0.39 is 0 Å². The molecule has 102 valence electrons. The number of aromatic nitrogens is 2. The molecule has 0 aliphatic carbocycles. The van der Waals surface area contributed by atoms with E-state index in [2.05, 4.69) is 31.2 Å². The minimum absolute atomic E-state index is 0.194. The van der Waals surface area contributed by atoms with Gasteiger partial charge in [-0.25, -0.2) is 0 Å². The molecular weight excluding hydrogens is 250 g/mol. The minimum Gasteiger partial charge on any atom is -0.378 e. The standard InChI is InChI=1S/C13H22ClN3O/c1-8(2)17-13(11(14)7-16-17)12(15-4)10-5-6-18-9(10)3/h7-10,12,15H,5-6H2,1-4H3. The van der Waals surface area contributed by atoms with Gasteiger partial charge in [-0.15, -0.1) is 0 Å². The number of hydrogen-bond acceptors (Lipinski definition) is 3. The monoisotopic (exact) mass is 271 g/mol. The summed E-state index contributed by atoms with van der Waals surface area (Å²) in [6.45, 7) is 7.20. The average Bonchev–Trinajstić information content (AvgIpc) is 2.89. The number of rotatable bonds is 4. The average molecular weight is 272 g/mol. The highest BCUT2D eigenvalue weighted by Crippen LogP contribution is 2.36. The van der Waals surface area contributed by atoms with E-state index in [-0.39, 0.29) is 12.1 Å². The van der Waals surface area contributed by atoms with Crippen LogP contribution in [0.25, 0.3) is 0 Å². The molecule has 4 nitrogen and oxygen atoms in total. The van der Waals surface area contributed by atoms with E-state index in [1.54, 1.807) is 6.20 Å². The van der Waals surface area contributed by atoms with Crippen LogP contribution >= 0.6 is 11.6 Å². The third-order valence-corrected chi connectivity index (χ3v) is 4.04. The second-order valence-corrected chi connectivity index (χ2v) is 5.62. The van der Waals surface area contributed by atoms with E-state index in [4.69, 9.17) is 16.3 Å². The summed E-state index contributed by atoms with van der Waals surface area (Å²) >= 11 is 6.32. The number of hydrogen-bond donors (Lipinski definition) is 1. The van der Waals surface area contributed by atoms with Crippen LogP contribution in [0.4, 0.5) is 0 Å².